The third kappa shape index (κ3) is 7.58. The van der Waals surface area contributed by atoms with Gasteiger partial charge in [0, 0.05) is 49.4 Å². The Morgan fingerprint density at radius 1 is 1.05 bits per heavy atom. The van der Waals surface area contributed by atoms with Crippen LogP contribution in [0.4, 0.5) is 0 Å². The largest absolute Gasteiger partial charge is 0.489 e. The standard InChI is InChI=1S/C27H35N5O7S2/c1-3-16-40(35,36)32-14-12-31(13-15-32)26(27(33)30-34)18-28-41(37,38)23-10-8-22(9-11-23)39-19-21-17-20(2)29-25-7-5-4-6-24(21)25/h4-11,17,26,28,34H,3,12-16,18-19H2,1-2H3,(H,30,33)/t26-/m0/s1. The Kier molecular flexibility index (Phi) is 9.94. The number of hydroxylamine groups is 1. The van der Waals surface area contributed by atoms with Crippen molar-refractivity contribution in [3.05, 3.63) is 65.9 Å². The molecule has 0 saturated carbocycles. The summed E-state index contributed by atoms with van der Waals surface area (Å²) in [5.74, 6) is -0.270. The fourth-order valence-corrected chi connectivity index (χ4v) is 7.34. The Balaban J connectivity index is 1.38. The van der Waals surface area contributed by atoms with E-state index in [1.807, 2.05) is 37.3 Å². The van der Waals surface area contributed by atoms with Gasteiger partial charge in [-0.2, -0.15) is 4.31 Å². The molecule has 1 aliphatic rings. The number of hydrogen-bond acceptors (Lipinski definition) is 9. The first-order valence-electron chi connectivity index (χ1n) is 13.3. The van der Waals surface area contributed by atoms with E-state index in [1.54, 1.807) is 29.4 Å². The van der Waals surface area contributed by atoms with Gasteiger partial charge in [-0.1, -0.05) is 25.1 Å². The van der Waals surface area contributed by atoms with Gasteiger partial charge in [0.15, 0.2) is 0 Å². The molecule has 0 bridgehead atoms. The van der Waals surface area contributed by atoms with Gasteiger partial charge >= 0.3 is 0 Å². The molecule has 1 atom stereocenters. The van der Waals surface area contributed by atoms with E-state index in [2.05, 4.69) is 9.71 Å². The maximum Gasteiger partial charge on any atom is 0.262 e. The van der Waals surface area contributed by atoms with Crippen LogP contribution in [-0.4, -0.2) is 86.7 Å². The zero-order valence-corrected chi connectivity index (χ0v) is 24.6. The van der Waals surface area contributed by atoms with E-state index in [0.29, 0.717) is 12.2 Å². The summed E-state index contributed by atoms with van der Waals surface area (Å²) < 4.78 is 60.4. The number of benzene rings is 2. The minimum atomic E-state index is -4.00. The molecule has 1 amide bonds. The first-order chi connectivity index (χ1) is 19.5. The van der Waals surface area contributed by atoms with E-state index in [9.17, 15) is 26.8 Å². The van der Waals surface area contributed by atoms with E-state index >= 15 is 0 Å². The normalized spacial score (nSPS) is 16.0. The zero-order chi connectivity index (χ0) is 29.6. The molecule has 3 N–H and O–H groups in total. The third-order valence-electron chi connectivity index (χ3n) is 6.91. The molecule has 0 radical (unpaired) electrons. The molecular formula is C27H35N5O7S2. The lowest BCUT2D eigenvalue weighted by molar-refractivity contribution is -0.135. The van der Waals surface area contributed by atoms with Crippen LogP contribution in [-0.2, 0) is 31.4 Å². The Morgan fingerprint density at radius 3 is 2.39 bits per heavy atom. The zero-order valence-electron chi connectivity index (χ0n) is 23.0. The Bertz CT molecular complexity index is 1570. The van der Waals surface area contributed by atoms with Gasteiger partial charge in [0.05, 0.1) is 16.2 Å². The van der Waals surface area contributed by atoms with Crippen molar-refractivity contribution in [1.29, 1.82) is 0 Å². The molecule has 2 aromatic carbocycles. The van der Waals surface area contributed by atoms with Gasteiger partial charge in [0.1, 0.15) is 18.4 Å². The van der Waals surface area contributed by atoms with Crippen LogP contribution in [0, 0.1) is 6.92 Å². The molecule has 222 valence electrons. The number of fused-ring (bicyclic) bond motifs is 1. The average molecular weight is 606 g/mol. The van der Waals surface area contributed by atoms with E-state index in [-0.39, 0.29) is 50.0 Å². The van der Waals surface area contributed by atoms with Gasteiger partial charge in [-0.25, -0.2) is 27.0 Å². The number of pyridine rings is 1. The molecule has 0 spiro atoms. The number of amides is 1. The van der Waals surface area contributed by atoms with Crippen LogP contribution >= 0.6 is 0 Å². The number of carbonyl (C=O) groups excluding carboxylic acids is 1. The number of carbonyl (C=O) groups is 1. The smallest absolute Gasteiger partial charge is 0.262 e. The van der Waals surface area contributed by atoms with Crippen molar-refractivity contribution in [1.82, 2.24) is 24.4 Å². The van der Waals surface area contributed by atoms with E-state index in [1.165, 1.54) is 16.4 Å². The lowest BCUT2D eigenvalue weighted by atomic mass is 10.1. The number of aryl methyl sites for hydroxylation is 1. The van der Waals surface area contributed by atoms with Crippen LogP contribution in [0.3, 0.4) is 0 Å². The minimum Gasteiger partial charge on any atom is -0.489 e. The number of sulfonamides is 2. The molecule has 1 fully saturated rings. The molecule has 1 aliphatic heterocycles. The number of rotatable bonds is 12. The molecule has 12 nitrogen and oxygen atoms in total. The summed E-state index contributed by atoms with van der Waals surface area (Å²) in [6, 6.07) is 14.6. The van der Waals surface area contributed by atoms with E-state index < -0.39 is 32.0 Å². The SMILES string of the molecule is CCCS(=O)(=O)N1CCN([C@@H](CNS(=O)(=O)c2ccc(OCc3cc(C)nc4ccccc34)cc2)C(=O)NO)CC1. The summed E-state index contributed by atoms with van der Waals surface area (Å²) in [6.07, 6.45) is 0.495. The monoisotopic (exact) mass is 605 g/mol. The first kappa shape index (κ1) is 30.8. The number of para-hydroxylation sites is 1. The summed E-state index contributed by atoms with van der Waals surface area (Å²) in [4.78, 5) is 18.5. The van der Waals surface area contributed by atoms with Crippen molar-refractivity contribution in [2.45, 2.75) is 37.8 Å². The molecule has 0 unspecified atom stereocenters. The predicted octanol–water partition coefficient (Wildman–Crippen LogP) is 1.63. The van der Waals surface area contributed by atoms with Crippen LogP contribution < -0.4 is 14.9 Å². The van der Waals surface area contributed by atoms with Gasteiger partial charge in [-0.3, -0.25) is 19.9 Å². The van der Waals surface area contributed by atoms with Crippen molar-refractivity contribution in [3.63, 3.8) is 0 Å². The summed E-state index contributed by atoms with van der Waals surface area (Å²) in [5.41, 5.74) is 4.28. The summed E-state index contributed by atoms with van der Waals surface area (Å²) in [7, 11) is -7.39. The summed E-state index contributed by atoms with van der Waals surface area (Å²) in [6.45, 7) is 4.41. The molecule has 3 aromatic rings. The average Bonchev–Trinajstić information content (AvgIpc) is 2.96. The van der Waals surface area contributed by atoms with E-state index in [0.717, 1.165) is 22.2 Å². The van der Waals surface area contributed by atoms with E-state index in [4.69, 9.17) is 4.74 Å². The number of nitrogens with zero attached hydrogens (tertiary/aromatic N) is 3. The van der Waals surface area contributed by atoms with Crippen molar-refractivity contribution >= 4 is 36.9 Å². The van der Waals surface area contributed by atoms with Crippen molar-refractivity contribution in [2.75, 3.05) is 38.5 Å². The van der Waals surface area contributed by atoms with Crippen molar-refractivity contribution < 1.29 is 31.6 Å². The number of hydrogen-bond donors (Lipinski definition) is 3. The topological polar surface area (TPSA) is 158 Å². The summed E-state index contributed by atoms with van der Waals surface area (Å²) in [5, 5.41) is 10.2. The second kappa shape index (κ2) is 13.2. The molecular weight excluding hydrogens is 570 g/mol. The molecule has 2 heterocycles. The van der Waals surface area contributed by atoms with Crippen LogP contribution in [0.1, 0.15) is 24.6 Å². The van der Waals surface area contributed by atoms with Gasteiger partial charge in [-0.05, 0) is 49.7 Å². The highest BCUT2D eigenvalue weighted by molar-refractivity contribution is 7.89. The Labute approximate surface area is 240 Å². The van der Waals surface area contributed by atoms with Crippen LogP contribution in [0.2, 0.25) is 0 Å². The van der Waals surface area contributed by atoms with Gasteiger partial charge in [-0.15, -0.1) is 0 Å². The molecule has 4 rings (SSSR count). The fraction of sp³-hybridized carbons (Fsp3) is 0.407. The number of piperazine rings is 1. The van der Waals surface area contributed by atoms with Crippen LogP contribution in [0.5, 0.6) is 5.75 Å². The third-order valence-corrected chi connectivity index (χ3v) is 10.4. The van der Waals surface area contributed by atoms with Gasteiger partial charge < -0.3 is 4.74 Å². The van der Waals surface area contributed by atoms with Crippen LogP contribution in [0.25, 0.3) is 10.9 Å². The quantitative estimate of drug-likeness (QED) is 0.206. The van der Waals surface area contributed by atoms with Crippen molar-refractivity contribution in [2.24, 2.45) is 0 Å². The van der Waals surface area contributed by atoms with Gasteiger partial charge in [0.25, 0.3) is 5.91 Å². The number of aromatic nitrogens is 1. The first-order valence-corrected chi connectivity index (χ1v) is 16.4. The number of nitrogens with one attached hydrogen (secondary N) is 2. The highest BCUT2D eigenvalue weighted by atomic mass is 32.2. The molecule has 41 heavy (non-hydrogen) atoms. The Morgan fingerprint density at radius 2 is 1.73 bits per heavy atom. The predicted molar refractivity (Wildman–Crippen MR) is 153 cm³/mol. The molecule has 1 aromatic heterocycles. The lowest BCUT2D eigenvalue weighted by Crippen LogP contribution is -2.58. The van der Waals surface area contributed by atoms with Gasteiger partial charge in [0.2, 0.25) is 20.0 Å². The number of ether oxygens (including phenoxy) is 1. The lowest BCUT2D eigenvalue weighted by Gasteiger charge is -2.37. The van der Waals surface area contributed by atoms with Crippen molar-refractivity contribution in [3.8, 4) is 5.75 Å². The maximum absolute atomic E-state index is 13.0. The highest BCUT2D eigenvalue weighted by Crippen LogP contribution is 2.22. The highest BCUT2D eigenvalue weighted by Gasteiger charge is 2.33. The molecule has 14 heteroatoms. The summed E-state index contributed by atoms with van der Waals surface area (Å²) >= 11 is 0. The second-order valence-corrected chi connectivity index (χ2v) is 13.7. The molecule has 1 saturated heterocycles. The molecule has 0 aliphatic carbocycles. The maximum atomic E-state index is 13.0. The Hall–Kier alpha value is -3.14. The van der Waals surface area contributed by atoms with Crippen LogP contribution in [0.15, 0.2) is 59.5 Å². The minimum absolute atomic E-state index is 0.0197. The fourth-order valence-electron chi connectivity index (χ4n) is 4.80. The second-order valence-electron chi connectivity index (χ2n) is 9.79.